The molecule has 0 fully saturated rings. The highest BCUT2D eigenvalue weighted by Crippen LogP contribution is 2.28. The number of carbonyl (C=O) groups excluding carboxylic acids is 1. The molecule has 7 heteroatoms. The maximum atomic E-state index is 12.8. The molecule has 0 aliphatic rings. The maximum Gasteiger partial charge on any atom is 0.513 e. The second-order valence-corrected chi connectivity index (χ2v) is 6.16. The first-order chi connectivity index (χ1) is 11.5. The van der Waals surface area contributed by atoms with E-state index in [1.807, 2.05) is 19.2 Å². The molecular formula is C17H15NO5S. The highest BCUT2D eigenvalue weighted by atomic mass is 32.1. The number of aromatic nitrogens is 1. The van der Waals surface area contributed by atoms with E-state index in [4.69, 9.17) is 9.15 Å². The molecule has 6 nitrogen and oxygen atoms in total. The summed E-state index contributed by atoms with van der Waals surface area (Å²) in [5.74, 6) is 0.317. The minimum Gasteiger partial charge on any atom is -0.463 e. The average Bonchev–Trinajstić information content (AvgIpc) is 3.00. The average molecular weight is 345 g/mol. The van der Waals surface area contributed by atoms with Gasteiger partial charge < -0.3 is 13.9 Å². The molecule has 2 heterocycles. The van der Waals surface area contributed by atoms with Crippen LogP contribution >= 0.6 is 11.3 Å². The summed E-state index contributed by atoms with van der Waals surface area (Å²) >= 11 is 1.47. The summed E-state index contributed by atoms with van der Waals surface area (Å²) < 4.78 is 15.2. The fourth-order valence-electron chi connectivity index (χ4n) is 2.37. The molecular weight excluding hydrogens is 330 g/mol. The second-order valence-electron chi connectivity index (χ2n) is 5.10. The molecule has 0 spiro atoms. The van der Waals surface area contributed by atoms with Gasteiger partial charge in [-0.15, -0.1) is 11.3 Å². The van der Waals surface area contributed by atoms with Crippen molar-refractivity contribution in [2.75, 3.05) is 7.11 Å². The molecule has 2 aromatic heterocycles. The minimum atomic E-state index is -0.819. The summed E-state index contributed by atoms with van der Waals surface area (Å²) in [4.78, 5) is 28.4. The molecule has 0 amide bonds. The van der Waals surface area contributed by atoms with Gasteiger partial charge in [0.15, 0.2) is 0 Å². The van der Waals surface area contributed by atoms with Gasteiger partial charge >= 0.3 is 6.16 Å². The molecule has 0 radical (unpaired) electrons. The van der Waals surface area contributed by atoms with Crippen LogP contribution in [-0.2, 0) is 11.2 Å². The highest BCUT2D eigenvalue weighted by Gasteiger charge is 2.16. The van der Waals surface area contributed by atoms with Gasteiger partial charge in [-0.05, 0) is 25.0 Å². The van der Waals surface area contributed by atoms with Crippen molar-refractivity contribution in [1.29, 1.82) is 0 Å². The number of hydrogen-bond donors (Lipinski definition) is 0. The molecule has 3 rings (SSSR count). The number of benzene rings is 1. The first-order valence-electron chi connectivity index (χ1n) is 7.30. The van der Waals surface area contributed by atoms with E-state index in [2.05, 4.69) is 9.72 Å². The number of methoxy groups -OCH3 is 1. The Bertz CT molecular complexity index is 973. The number of thiazole rings is 1. The van der Waals surface area contributed by atoms with E-state index in [-0.39, 0.29) is 5.43 Å². The van der Waals surface area contributed by atoms with Gasteiger partial charge in [-0.2, -0.15) is 0 Å². The zero-order valence-electron chi connectivity index (χ0n) is 13.4. The Morgan fingerprint density at radius 2 is 2.17 bits per heavy atom. The first kappa shape index (κ1) is 16.2. The summed E-state index contributed by atoms with van der Waals surface area (Å²) in [6.07, 6.45) is 1.15. The van der Waals surface area contributed by atoms with Gasteiger partial charge in [-0.3, -0.25) is 4.79 Å². The van der Waals surface area contributed by atoms with Crippen LogP contribution in [0.15, 0.2) is 33.0 Å². The van der Waals surface area contributed by atoms with Crippen molar-refractivity contribution in [2.24, 2.45) is 0 Å². The van der Waals surface area contributed by atoms with Crippen molar-refractivity contribution in [3.05, 3.63) is 44.6 Å². The van der Waals surface area contributed by atoms with E-state index in [0.29, 0.717) is 40.0 Å². The lowest BCUT2D eigenvalue weighted by Crippen LogP contribution is -2.10. The molecule has 0 aliphatic carbocycles. The number of nitrogens with zero attached hydrogens (tertiary/aromatic N) is 1. The van der Waals surface area contributed by atoms with Crippen LogP contribution < -0.4 is 10.2 Å². The number of aryl methyl sites for hydroxylation is 2. The third kappa shape index (κ3) is 2.90. The molecule has 0 unspecified atom stereocenters. The van der Waals surface area contributed by atoms with Gasteiger partial charge in [0.2, 0.25) is 5.43 Å². The monoisotopic (exact) mass is 345 g/mol. The van der Waals surface area contributed by atoms with Crippen molar-refractivity contribution in [1.82, 2.24) is 4.98 Å². The van der Waals surface area contributed by atoms with E-state index < -0.39 is 6.16 Å². The van der Waals surface area contributed by atoms with E-state index >= 15 is 0 Å². The highest BCUT2D eigenvalue weighted by molar-refractivity contribution is 7.09. The van der Waals surface area contributed by atoms with Crippen LogP contribution in [0.25, 0.3) is 22.2 Å². The zero-order valence-corrected chi connectivity index (χ0v) is 14.2. The first-order valence-corrected chi connectivity index (χ1v) is 8.18. The predicted octanol–water partition coefficient (Wildman–Crippen LogP) is 3.93. The number of carbonyl (C=O) groups is 1. The van der Waals surface area contributed by atoms with E-state index in [1.54, 1.807) is 6.07 Å². The predicted molar refractivity (Wildman–Crippen MR) is 90.7 cm³/mol. The SMILES string of the molecule is CCc1cc2c(=O)c(-c3csc(C)n3)coc2cc1OC(=O)OC. The molecule has 0 saturated carbocycles. The normalized spacial score (nSPS) is 10.8. The van der Waals surface area contributed by atoms with Crippen LogP contribution in [0, 0.1) is 6.92 Å². The topological polar surface area (TPSA) is 78.6 Å². The third-order valence-electron chi connectivity index (χ3n) is 3.59. The van der Waals surface area contributed by atoms with Crippen LogP contribution in [0.3, 0.4) is 0 Å². The summed E-state index contributed by atoms with van der Waals surface area (Å²) in [6.45, 7) is 3.78. The Morgan fingerprint density at radius 1 is 1.38 bits per heavy atom. The van der Waals surface area contributed by atoms with Gasteiger partial charge in [-0.1, -0.05) is 6.92 Å². The molecule has 0 bridgehead atoms. The largest absolute Gasteiger partial charge is 0.513 e. The van der Waals surface area contributed by atoms with Crippen molar-refractivity contribution in [3.63, 3.8) is 0 Å². The van der Waals surface area contributed by atoms with Crippen LogP contribution in [0.4, 0.5) is 4.79 Å². The van der Waals surface area contributed by atoms with Gasteiger partial charge in [0.05, 0.1) is 28.8 Å². The Kier molecular flexibility index (Phi) is 4.35. The molecule has 24 heavy (non-hydrogen) atoms. The van der Waals surface area contributed by atoms with Crippen molar-refractivity contribution in [2.45, 2.75) is 20.3 Å². The van der Waals surface area contributed by atoms with Crippen molar-refractivity contribution >= 4 is 28.5 Å². The van der Waals surface area contributed by atoms with E-state index in [0.717, 1.165) is 5.01 Å². The van der Waals surface area contributed by atoms with Gasteiger partial charge in [0.1, 0.15) is 17.6 Å². The van der Waals surface area contributed by atoms with Gasteiger partial charge in [0.25, 0.3) is 0 Å². The summed E-state index contributed by atoms with van der Waals surface area (Å²) in [5.41, 5.74) is 1.90. The Labute approximate surface area is 141 Å². The van der Waals surface area contributed by atoms with Crippen LogP contribution in [-0.4, -0.2) is 18.2 Å². The van der Waals surface area contributed by atoms with E-state index in [1.165, 1.54) is 30.8 Å². The molecule has 0 N–H and O–H groups in total. The Morgan fingerprint density at radius 3 is 2.79 bits per heavy atom. The smallest absolute Gasteiger partial charge is 0.463 e. The van der Waals surface area contributed by atoms with Gasteiger partial charge in [-0.25, -0.2) is 9.78 Å². The number of fused-ring (bicyclic) bond motifs is 1. The fourth-order valence-corrected chi connectivity index (χ4v) is 2.98. The third-order valence-corrected chi connectivity index (χ3v) is 4.37. The molecule has 124 valence electrons. The molecule has 0 atom stereocenters. The van der Waals surface area contributed by atoms with Gasteiger partial charge in [0, 0.05) is 11.4 Å². The van der Waals surface area contributed by atoms with Crippen molar-refractivity contribution < 1.29 is 18.7 Å². The molecule has 1 aromatic carbocycles. The Balaban J connectivity index is 2.17. The zero-order chi connectivity index (χ0) is 17.3. The number of hydrogen-bond acceptors (Lipinski definition) is 7. The number of rotatable bonds is 3. The van der Waals surface area contributed by atoms with Crippen molar-refractivity contribution in [3.8, 4) is 17.0 Å². The lowest BCUT2D eigenvalue weighted by Gasteiger charge is -2.09. The van der Waals surface area contributed by atoms with E-state index in [9.17, 15) is 9.59 Å². The summed E-state index contributed by atoms with van der Waals surface area (Å²) in [5, 5.41) is 3.12. The Hall–Kier alpha value is -2.67. The lowest BCUT2D eigenvalue weighted by atomic mass is 10.1. The summed E-state index contributed by atoms with van der Waals surface area (Å²) in [6, 6.07) is 3.21. The van der Waals surface area contributed by atoms with Crippen LogP contribution in [0.1, 0.15) is 17.5 Å². The standard InChI is InChI=1S/C17H15NO5S/c1-4-10-5-11-15(6-14(10)23-17(20)21-3)22-7-12(16(11)19)13-8-24-9(2)18-13/h5-8H,4H2,1-3H3. The quantitative estimate of drug-likeness (QED) is 0.528. The lowest BCUT2D eigenvalue weighted by molar-refractivity contribution is 0.121. The maximum absolute atomic E-state index is 12.8. The molecule has 0 aliphatic heterocycles. The molecule has 0 saturated heterocycles. The van der Waals surface area contributed by atoms with Crippen LogP contribution in [0.2, 0.25) is 0 Å². The summed E-state index contributed by atoms with van der Waals surface area (Å²) in [7, 11) is 1.23. The molecule has 3 aromatic rings. The fraction of sp³-hybridized carbons (Fsp3) is 0.235. The second kappa shape index (κ2) is 6.45. The number of ether oxygens (including phenoxy) is 2. The van der Waals surface area contributed by atoms with Crippen LogP contribution in [0.5, 0.6) is 5.75 Å². The minimum absolute atomic E-state index is 0.166.